The van der Waals surface area contributed by atoms with E-state index in [1.807, 2.05) is 63.3 Å². The quantitative estimate of drug-likeness (QED) is 0.821. The second-order valence-electron chi connectivity index (χ2n) is 5.44. The van der Waals surface area contributed by atoms with Crippen molar-refractivity contribution < 1.29 is 9.53 Å². The Hall–Kier alpha value is -1.67. The third-order valence-corrected chi connectivity index (χ3v) is 3.38. The summed E-state index contributed by atoms with van der Waals surface area (Å²) >= 11 is 0. The van der Waals surface area contributed by atoms with Crippen molar-refractivity contribution >= 4 is 5.78 Å². The molecule has 1 aromatic rings. The van der Waals surface area contributed by atoms with Gasteiger partial charge in [0.25, 0.3) is 0 Å². The van der Waals surface area contributed by atoms with E-state index in [4.69, 9.17) is 4.74 Å². The molecule has 1 atom stereocenters. The summed E-state index contributed by atoms with van der Waals surface area (Å²) in [6.07, 6.45) is 3.94. The molecule has 0 saturated carbocycles. The molecule has 0 saturated heterocycles. The topological polar surface area (TPSA) is 26.3 Å². The third-order valence-electron chi connectivity index (χ3n) is 3.38. The lowest BCUT2D eigenvalue weighted by Gasteiger charge is -2.28. The van der Waals surface area contributed by atoms with Gasteiger partial charge >= 0.3 is 0 Å². The van der Waals surface area contributed by atoms with E-state index in [2.05, 4.69) is 0 Å². The van der Waals surface area contributed by atoms with Gasteiger partial charge in [-0.15, -0.1) is 0 Å². The molecule has 2 heteroatoms. The predicted octanol–water partition coefficient (Wildman–Crippen LogP) is 3.68. The van der Waals surface area contributed by atoms with Crippen LogP contribution in [0.2, 0.25) is 0 Å². The van der Waals surface area contributed by atoms with Gasteiger partial charge in [-0.3, -0.25) is 4.79 Å². The minimum atomic E-state index is -0.530. The number of rotatable bonds is 4. The van der Waals surface area contributed by atoms with Crippen molar-refractivity contribution in [1.29, 1.82) is 0 Å². The molecule has 0 radical (unpaired) electrons. The zero-order valence-corrected chi connectivity index (χ0v) is 11.8. The Morgan fingerprint density at radius 2 is 1.84 bits per heavy atom. The second kappa shape index (κ2) is 5.54. The summed E-state index contributed by atoms with van der Waals surface area (Å²) in [5.41, 5.74) is 2.54. The van der Waals surface area contributed by atoms with Gasteiger partial charge in [0.1, 0.15) is 0 Å². The van der Waals surface area contributed by atoms with Crippen LogP contribution in [0.25, 0.3) is 0 Å². The van der Waals surface area contributed by atoms with Gasteiger partial charge in [0, 0.05) is 0 Å². The molecule has 1 aliphatic carbocycles. The molecule has 0 amide bonds. The molecule has 2 rings (SSSR count). The summed E-state index contributed by atoms with van der Waals surface area (Å²) in [7, 11) is 0. The van der Waals surface area contributed by atoms with E-state index in [1.165, 1.54) is 0 Å². The zero-order chi connectivity index (χ0) is 13.9. The van der Waals surface area contributed by atoms with Gasteiger partial charge in [-0.25, -0.2) is 0 Å². The van der Waals surface area contributed by atoms with Crippen molar-refractivity contribution in [3.8, 4) is 0 Å². The molecule has 2 nitrogen and oxygen atoms in total. The van der Waals surface area contributed by atoms with Gasteiger partial charge in [0.2, 0.25) is 0 Å². The molecule has 1 unspecified atom stereocenters. The number of allylic oxidation sites excluding steroid dienone is 3. The van der Waals surface area contributed by atoms with Crippen molar-refractivity contribution in [3.63, 3.8) is 0 Å². The van der Waals surface area contributed by atoms with Crippen LogP contribution in [0.15, 0.2) is 53.6 Å². The molecule has 0 fully saturated rings. The molecule has 1 aliphatic rings. The average Bonchev–Trinajstić information content (AvgIpc) is 2.37. The molecule has 19 heavy (non-hydrogen) atoms. The normalized spacial score (nSPS) is 23.0. The van der Waals surface area contributed by atoms with Gasteiger partial charge in [-0.05, 0) is 31.9 Å². The highest BCUT2D eigenvalue weighted by Gasteiger charge is 2.34. The highest BCUT2D eigenvalue weighted by atomic mass is 16.5. The summed E-state index contributed by atoms with van der Waals surface area (Å²) in [5, 5.41) is 0. The standard InChI is InChI=1S/C17H20O2/c1-13-9-14(2)16(18)17(3,10-13)12-19-11-15-7-5-4-6-8-15/h4-10H,11-12H2,1-3H3. The van der Waals surface area contributed by atoms with Gasteiger partial charge in [0.05, 0.1) is 18.6 Å². The molecule has 100 valence electrons. The Morgan fingerprint density at radius 1 is 1.16 bits per heavy atom. The Kier molecular flexibility index (Phi) is 4.01. The number of hydrogen-bond donors (Lipinski definition) is 0. The number of ketones is 1. The molecule has 0 aliphatic heterocycles. The Morgan fingerprint density at radius 3 is 2.53 bits per heavy atom. The van der Waals surface area contributed by atoms with Gasteiger partial charge < -0.3 is 4.74 Å². The van der Waals surface area contributed by atoms with Crippen LogP contribution in [-0.2, 0) is 16.1 Å². The van der Waals surface area contributed by atoms with Crippen molar-refractivity contribution in [2.75, 3.05) is 6.61 Å². The van der Waals surface area contributed by atoms with Crippen molar-refractivity contribution in [1.82, 2.24) is 0 Å². The van der Waals surface area contributed by atoms with E-state index < -0.39 is 5.41 Å². The second-order valence-corrected chi connectivity index (χ2v) is 5.44. The third kappa shape index (κ3) is 3.21. The predicted molar refractivity (Wildman–Crippen MR) is 76.7 cm³/mol. The minimum absolute atomic E-state index is 0.158. The van der Waals surface area contributed by atoms with E-state index in [9.17, 15) is 4.79 Å². The lowest BCUT2D eigenvalue weighted by Crippen LogP contribution is -2.33. The van der Waals surface area contributed by atoms with E-state index in [-0.39, 0.29) is 5.78 Å². The lowest BCUT2D eigenvalue weighted by atomic mass is 9.78. The maximum atomic E-state index is 12.2. The molecule has 1 aromatic carbocycles. The number of ether oxygens (including phenoxy) is 1. The first-order valence-electron chi connectivity index (χ1n) is 6.55. The summed E-state index contributed by atoms with van der Waals surface area (Å²) in [6, 6.07) is 10.0. The fourth-order valence-electron chi connectivity index (χ4n) is 2.53. The lowest BCUT2D eigenvalue weighted by molar-refractivity contribution is -0.125. The number of Topliss-reactive ketones (excluding diaryl/α,β-unsaturated/α-hetero) is 1. The van der Waals surface area contributed by atoms with Gasteiger partial charge in [-0.2, -0.15) is 0 Å². The number of carbonyl (C=O) groups excluding carboxylic acids is 1. The molecule has 0 spiro atoms. The van der Waals surface area contributed by atoms with E-state index >= 15 is 0 Å². The molecule has 0 N–H and O–H groups in total. The Labute approximate surface area is 114 Å². The van der Waals surface area contributed by atoms with Crippen LogP contribution in [0, 0.1) is 5.41 Å². The van der Waals surface area contributed by atoms with Crippen LogP contribution in [0.4, 0.5) is 0 Å². The number of benzene rings is 1. The van der Waals surface area contributed by atoms with E-state index in [1.54, 1.807) is 0 Å². The largest absolute Gasteiger partial charge is 0.375 e. The zero-order valence-electron chi connectivity index (χ0n) is 11.8. The molecule has 0 bridgehead atoms. The maximum absolute atomic E-state index is 12.2. The first kappa shape index (κ1) is 13.8. The van der Waals surface area contributed by atoms with Crippen LogP contribution < -0.4 is 0 Å². The Balaban J connectivity index is 1.99. The first-order chi connectivity index (χ1) is 9.01. The molecular weight excluding hydrogens is 236 g/mol. The highest BCUT2D eigenvalue weighted by Crippen LogP contribution is 2.31. The molecule has 0 aromatic heterocycles. The average molecular weight is 256 g/mol. The number of hydrogen-bond acceptors (Lipinski definition) is 2. The minimum Gasteiger partial charge on any atom is -0.375 e. The molecular formula is C17H20O2. The van der Waals surface area contributed by atoms with E-state index in [0.29, 0.717) is 13.2 Å². The number of carbonyl (C=O) groups is 1. The monoisotopic (exact) mass is 256 g/mol. The fraction of sp³-hybridized carbons (Fsp3) is 0.353. The van der Waals surface area contributed by atoms with Gasteiger partial charge in [-0.1, -0.05) is 48.1 Å². The fourth-order valence-corrected chi connectivity index (χ4v) is 2.53. The smallest absolute Gasteiger partial charge is 0.170 e. The maximum Gasteiger partial charge on any atom is 0.170 e. The van der Waals surface area contributed by atoms with Crippen molar-refractivity contribution in [3.05, 3.63) is 59.2 Å². The summed E-state index contributed by atoms with van der Waals surface area (Å²) in [6.45, 7) is 6.79. The van der Waals surface area contributed by atoms with Gasteiger partial charge in [0.15, 0.2) is 5.78 Å². The van der Waals surface area contributed by atoms with Crippen LogP contribution >= 0.6 is 0 Å². The first-order valence-corrected chi connectivity index (χ1v) is 6.55. The summed E-state index contributed by atoms with van der Waals surface area (Å²) in [5.74, 6) is 0.158. The van der Waals surface area contributed by atoms with Crippen LogP contribution in [0.3, 0.4) is 0 Å². The summed E-state index contributed by atoms with van der Waals surface area (Å²) < 4.78 is 5.74. The Bertz CT molecular complexity index is 525. The summed E-state index contributed by atoms with van der Waals surface area (Å²) in [4.78, 5) is 12.2. The van der Waals surface area contributed by atoms with Crippen LogP contribution in [0.5, 0.6) is 0 Å². The molecule has 0 heterocycles. The SMILES string of the molecule is CC1=CC(C)(COCc2ccccc2)C(=O)C(C)=C1. The highest BCUT2D eigenvalue weighted by molar-refractivity contribution is 6.02. The van der Waals surface area contributed by atoms with Crippen molar-refractivity contribution in [2.24, 2.45) is 5.41 Å². The van der Waals surface area contributed by atoms with E-state index in [0.717, 1.165) is 16.7 Å². The van der Waals surface area contributed by atoms with Crippen LogP contribution in [-0.4, -0.2) is 12.4 Å². The van der Waals surface area contributed by atoms with Crippen LogP contribution in [0.1, 0.15) is 26.3 Å². The van der Waals surface area contributed by atoms with Crippen molar-refractivity contribution in [2.45, 2.75) is 27.4 Å².